The topological polar surface area (TPSA) is 44.9 Å². The summed E-state index contributed by atoms with van der Waals surface area (Å²) < 4.78 is 0. The summed E-state index contributed by atoms with van der Waals surface area (Å²) in [6.07, 6.45) is 5.37. The van der Waals surface area contributed by atoms with Crippen molar-refractivity contribution in [2.45, 2.75) is 39.2 Å². The molecule has 3 heteroatoms. The molecule has 0 spiro atoms. The number of H-pyrrole nitrogens is 1. The summed E-state index contributed by atoms with van der Waals surface area (Å²) in [7, 11) is 0. The number of hydrogen-bond donors (Lipinski definition) is 2. The Kier molecular flexibility index (Phi) is 2.85. The molecule has 3 nitrogen and oxygen atoms in total. The Morgan fingerprint density at radius 3 is 2.95 bits per heavy atom. The summed E-state index contributed by atoms with van der Waals surface area (Å²) in [4.78, 5) is 15.5. The van der Waals surface area contributed by atoms with Gasteiger partial charge >= 0.3 is 0 Å². The van der Waals surface area contributed by atoms with Crippen LogP contribution in [-0.4, -0.2) is 16.9 Å². The normalized spacial score (nSPS) is 21.7. The van der Waals surface area contributed by atoms with Crippen molar-refractivity contribution >= 4 is 16.8 Å². The minimum Gasteiger partial charge on any atom is -0.361 e. The molecular weight excluding hydrogens is 236 g/mol. The monoisotopic (exact) mass is 256 g/mol. The van der Waals surface area contributed by atoms with Gasteiger partial charge in [0.1, 0.15) is 0 Å². The van der Waals surface area contributed by atoms with Gasteiger partial charge < -0.3 is 10.3 Å². The Morgan fingerprint density at radius 1 is 1.37 bits per heavy atom. The lowest BCUT2D eigenvalue weighted by atomic mass is 9.87. The van der Waals surface area contributed by atoms with Crippen LogP contribution in [0.1, 0.15) is 43.5 Å². The molecule has 1 saturated carbocycles. The van der Waals surface area contributed by atoms with Crippen LogP contribution in [0.25, 0.3) is 10.9 Å². The van der Waals surface area contributed by atoms with E-state index in [0.717, 1.165) is 22.9 Å². The summed E-state index contributed by atoms with van der Waals surface area (Å²) >= 11 is 0. The molecule has 1 aromatic heterocycles. The molecule has 0 aliphatic heterocycles. The van der Waals surface area contributed by atoms with Gasteiger partial charge in [-0.1, -0.05) is 26.3 Å². The summed E-state index contributed by atoms with van der Waals surface area (Å²) in [5, 5.41) is 4.33. The van der Waals surface area contributed by atoms with Crippen molar-refractivity contribution in [3.63, 3.8) is 0 Å². The molecule has 1 aliphatic carbocycles. The van der Waals surface area contributed by atoms with Gasteiger partial charge in [0.15, 0.2) is 0 Å². The van der Waals surface area contributed by atoms with Gasteiger partial charge in [0.25, 0.3) is 5.91 Å². The molecule has 2 aromatic rings. The maximum atomic E-state index is 12.3. The average molecular weight is 256 g/mol. The lowest BCUT2D eigenvalue weighted by Crippen LogP contribution is -2.41. The quantitative estimate of drug-likeness (QED) is 0.849. The molecule has 1 amide bonds. The van der Waals surface area contributed by atoms with E-state index in [1.807, 2.05) is 30.5 Å². The number of aromatic nitrogens is 1. The highest BCUT2D eigenvalue weighted by atomic mass is 16.1. The van der Waals surface area contributed by atoms with Gasteiger partial charge in [-0.3, -0.25) is 4.79 Å². The molecule has 2 N–H and O–H groups in total. The maximum Gasteiger partial charge on any atom is 0.251 e. The standard InChI is InChI=1S/C16H20N2O/c1-16(2)8-3-4-14(16)18-15(19)12-6-5-11-7-9-17-13(11)10-12/h5-7,9-10,14,17H,3-4,8H2,1-2H3,(H,18,19). The zero-order valence-corrected chi connectivity index (χ0v) is 11.5. The average Bonchev–Trinajstić information content (AvgIpc) is 2.95. The maximum absolute atomic E-state index is 12.3. The van der Waals surface area contributed by atoms with Crippen LogP contribution in [-0.2, 0) is 0 Å². The summed E-state index contributed by atoms with van der Waals surface area (Å²) in [5.41, 5.74) is 1.96. The fourth-order valence-corrected chi connectivity index (χ4v) is 3.02. The van der Waals surface area contributed by atoms with Crippen molar-refractivity contribution in [2.24, 2.45) is 5.41 Å². The summed E-state index contributed by atoms with van der Waals surface area (Å²) in [5.74, 6) is 0.0384. The predicted molar refractivity (Wildman–Crippen MR) is 77.2 cm³/mol. The van der Waals surface area contributed by atoms with E-state index >= 15 is 0 Å². The van der Waals surface area contributed by atoms with Crippen LogP contribution in [0, 0.1) is 5.41 Å². The van der Waals surface area contributed by atoms with Crippen LogP contribution in [0.2, 0.25) is 0 Å². The molecule has 0 radical (unpaired) electrons. The predicted octanol–water partition coefficient (Wildman–Crippen LogP) is 3.48. The highest BCUT2D eigenvalue weighted by Gasteiger charge is 2.35. The van der Waals surface area contributed by atoms with E-state index in [4.69, 9.17) is 0 Å². The SMILES string of the molecule is CC1(C)CCCC1NC(=O)c1ccc2cc[nH]c2c1. The Bertz CT molecular complexity index is 612. The Morgan fingerprint density at radius 2 is 2.21 bits per heavy atom. The zero-order chi connectivity index (χ0) is 13.5. The van der Waals surface area contributed by atoms with Crippen molar-refractivity contribution < 1.29 is 4.79 Å². The Balaban J connectivity index is 1.80. The molecule has 1 aliphatic rings. The molecule has 1 aromatic carbocycles. The lowest BCUT2D eigenvalue weighted by molar-refractivity contribution is 0.0910. The second-order valence-corrected chi connectivity index (χ2v) is 6.19. The first-order valence-corrected chi connectivity index (χ1v) is 6.94. The van der Waals surface area contributed by atoms with Crippen molar-refractivity contribution in [1.29, 1.82) is 0 Å². The highest BCUT2D eigenvalue weighted by molar-refractivity contribution is 5.98. The van der Waals surface area contributed by atoms with Gasteiger partial charge in [-0.2, -0.15) is 0 Å². The third-order valence-corrected chi connectivity index (χ3v) is 4.38. The van der Waals surface area contributed by atoms with Crippen molar-refractivity contribution in [3.05, 3.63) is 36.0 Å². The second-order valence-electron chi connectivity index (χ2n) is 6.19. The van der Waals surface area contributed by atoms with Crippen LogP contribution >= 0.6 is 0 Å². The molecule has 1 atom stereocenters. The van der Waals surface area contributed by atoms with E-state index in [0.29, 0.717) is 6.04 Å². The molecule has 1 heterocycles. The third-order valence-electron chi connectivity index (χ3n) is 4.38. The van der Waals surface area contributed by atoms with E-state index in [1.54, 1.807) is 0 Å². The van der Waals surface area contributed by atoms with Gasteiger partial charge in [0, 0.05) is 23.3 Å². The number of amides is 1. The number of carbonyl (C=O) groups is 1. The molecule has 0 saturated heterocycles. The molecule has 0 bridgehead atoms. The largest absolute Gasteiger partial charge is 0.361 e. The minimum atomic E-state index is 0.0384. The number of aromatic amines is 1. The number of fused-ring (bicyclic) bond motifs is 1. The first-order chi connectivity index (χ1) is 9.06. The fourth-order valence-electron chi connectivity index (χ4n) is 3.02. The molecule has 19 heavy (non-hydrogen) atoms. The van der Waals surface area contributed by atoms with E-state index in [1.165, 1.54) is 12.8 Å². The van der Waals surface area contributed by atoms with Crippen LogP contribution in [0.3, 0.4) is 0 Å². The van der Waals surface area contributed by atoms with Gasteiger partial charge in [-0.15, -0.1) is 0 Å². The number of carbonyl (C=O) groups excluding carboxylic acids is 1. The number of nitrogens with one attached hydrogen (secondary N) is 2. The van der Waals surface area contributed by atoms with Crippen molar-refractivity contribution in [1.82, 2.24) is 10.3 Å². The van der Waals surface area contributed by atoms with E-state index < -0.39 is 0 Å². The third kappa shape index (κ3) is 2.25. The van der Waals surface area contributed by atoms with Crippen LogP contribution < -0.4 is 5.32 Å². The summed E-state index contributed by atoms with van der Waals surface area (Å²) in [6, 6.07) is 8.11. The van der Waals surface area contributed by atoms with Crippen molar-refractivity contribution in [2.75, 3.05) is 0 Å². The second kappa shape index (κ2) is 4.41. The fraction of sp³-hybridized carbons (Fsp3) is 0.438. The van der Waals surface area contributed by atoms with E-state index in [-0.39, 0.29) is 11.3 Å². The molecule has 1 unspecified atom stereocenters. The molecule has 3 rings (SSSR count). The first-order valence-electron chi connectivity index (χ1n) is 6.94. The van der Waals surface area contributed by atoms with E-state index in [2.05, 4.69) is 24.1 Å². The van der Waals surface area contributed by atoms with Gasteiger partial charge in [-0.05, 0) is 41.8 Å². The Hall–Kier alpha value is -1.77. The van der Waals surface area contributed by atoms with Crippen LogP contribution in [0.4, 0.5) is 0 Å². The van der Waals surface area contributed by atoms with Gasteiger partial charge in [0.05, 0.1) is 0 Å². The number of benzene rings is 1. The van der Waals surface area contributed by atoms with Gasteiger partial charge in [0.2, 0.25) is 0 Å². The van der Waals surface area contributed by atoms with Crippen LogP contribution in [0.5, 0.6) is 0 Å². The molecular formula is C16H20N2O. The first kappa shape index (κ1) is 12.3. The lowest BCUT2D eigenvalue weighted by Gasteiger charge is -2.27. The molecule has 1 fully saturated rings. The zero-order valence-electron chi connectivity index (χ0n) is 11.5. The van der Waals surface area contributed by atoms with Gasteiger partial charge in [-0.25, -0.2) is 0 Å². The van der Waals surface area contributed by atoms with Crippen LogP contribution in [0.15, 0.2) is 30.5 Å². The smallest absolute Gasteiger partial charge is 0.251 e. The summed E-state index contributed by atoms with van der Waals surface area (Å²) in [6.45, 7) is 4.47. The molecule has 100 valence electrons. The minimum absolute atomic E-state index is 0.0384. The van der Waals surface area contributed by atoms with Crippen molar-refractivity contribution in [3.8, 4) is 0 Å². The Labute approximate surface area is 113 Å². The number of rotatable bonds is 2. The van der Waals surface area contributed by atoms with E-state index in [9.17, 15) is 4.79 Å². The highest BCUT2D eigenvalue weighted by Crippen LogP contribution is 2.37. The number of hydrogen-bond acceptors (Lipinski definition) is 1.